The highest BCUT2D eigenvalue weighted by atomic mass is 32.2. The number of rotatable bonds is 8. The molecular weight excluding hydrogens is 368 g/mol. The first-order valence-corrected chi connectivity index (χ1v) is 9.60. The molecule has 0 aliphatic heterocycles. The molecule has 1 aromatic carbocycles. The average molecular weight is 386 g/mol. The highest BCUT2D eigenvalue weighted by molar-refractivity contribution is 7.93. The van der Waals surface area contributed by atoms with Gasteiger partial charge in [0.2, 0.25) is 0 Å². The zero-order valence-corrected chi connectivity index (χ0v) is 15.6. The second kappa shape index (κ2) is 8.17. The number of hydrogen-bond acceptors (Lipinski definition) is 8. The lowest BCUT2D eigenvalue weighted by molar-refractivity contribution is -0.142. The quantitative estimate of drug-likeness (QED) is 0.693. The van der Waals surface area contributed by atoms with Crippen LogP contribution >= 0.6 is 11.3 Å². The Labute approximate surface area is 149 Å². The lowest BCUT2D eigenvalue weighted by Crippen LogP contribution is -2.13. The molecule has 0 aliphatic rings. The number of carbonyl (C=O) groups is 1. The molecule has 2 rings (SSSR count). The molecule has 1 heterocycles. The van der Waals surface area contributed by atoms with Crippen molar-refractivity contribution in [2.75, 3.05) is 25.5 Å². The summed E-state index contributed by atoms with van der Waals surface area (Å²) in [7, 11) is -0.966. The summed E-state index contributed by atoms with van der Waals surface area (Å²) in [5.41, 5.74) is 0.438. The maximum atomic E-state index is 12.5. The van der Waals surface area contributed by atoms with Crippen LogP contribution in [0.2, 0.25) is 0 Å². The third-order valence-electron chi connectivity index (χ3n) is 3.07. The molecule has 25 heavy (non-hydrogen) atoms. The Balaban J connectivity index is 2.16. The van der Waals surface area contributed by atoms with Gasteiger partial charge in [0, 0.05) is 11.4 Å². The van der Waals surface area contributed by atoms with Crippen molar-refractivity contribution >= 4 is 32.5 Å². The van der Waals surface area contributed by atoms with E-state index in [2.05, 4.69) is 9.71 Å². The third-order valence-corrected chi connectivity index (χ3v) is 5.34. The Morgan fingerprint density at radius 1 is 1.24 bits per heavy atom. The molecule has 0 radical (unpaired) electrons. The van der Waals surface area contributed by atoms with E-state index in [0.29, 0.717) is 17.2 Å². The van der Waals surface area contributed by atoms with Gasteiger partial charge >= 0.3 is 5.97 Å². The number of benzene rings is 1. The molecule has 10 heteroatoms. The van der Waals surface area contributed by atoms with Gasteiger partial charge in [-0.05, 0) is 19.1 Å². The van der Waals surface area contributed by atoms with Gasteiger partial charge in [-0.3, -0.25) is 9.52 Å². The summed E-state index contributed by atoms with van der Waals surface area (Å²) in [6.07, 6.45) is -0.0115. The molecule has 1 aromatic heterocycles. The number of nitrogens with zero attached hydrogens (tertiary/aromatic N) is 1. The molecule has 0 unspecified atom stereocenters. The van der Waals surface area contributed by atoms with Crippen LogP contribution in [0.5, 0.6) is 11.5 Å². The Bertz CT molecular complexity index is 847. The summed E-state index contributed by atoms with van der Waals surface area (Å²) < 4.78 is 42.4. The zero-order chi connectivity index (χ0) is 18.4. The largest absolute Gasteiger partial charge is 0.493 e. The molecule has 8 nitrogen and oxygen atoms in total. The Hall–Kier alpha value is -2.33. The van der Waals surface area contributed by atoms with Gasteiger partial charge in [-0.25, -0.2) is 13.4 Å². The van der Waals surface area contributed by atoms with Gasteiger partial charge in [0.25, 0.3) is 10.0 Å². The average Bonchev–Trinajstić information content (AvgIpc) is 3.00. The Kier molecular flexibility index (Phi) is 6.21. The van der Waals surface area contributed by atoms with Gasteiger partial charge in [0.05, 0.1) is 37.8 Å². The van der Waals surface area contributed by atoms with E-state index < -0.39 is 16.0 Å². The summed E-state index contributed by atoms with van der Waals surface area (Å²) in [5.74, 6) is 0.307. The topological polar surface area (TPSA) is 104 Å². The lowest BCUT2D eigenvalue weighted by Gasteiger charge is -2.10. The minimum Gasteiger partial charge on any atom is -0.493 e. The molecule has 136 valence electrons. The van der Waals surface area contributed by atoms with Gasteiger partial charge in [-0.2, -0.15) is 0 Å². The number of anilines is 1. The molecule has 0 fully saturated rings. The third kappa shape index (κ3) is 4.83. The van der Waals surface area contributed by atoms with Crippen molar-refractivity contribution in [2.24, 2.45) is 0 Å². The van der Waals surface area contributed by atoms with Gasteiger partial charge in [0.1, 0.15) is 0 Å². The molecule has 0 saturated heterocycles. The van der Waals surface area contributed by atoms with Crippen molar-refractivity contribution in [3.63, 3.8) is 0 Å². The molecule has 0 bridgehead atoms. The van der Waals surface area contributed by atoms with E-state index in [1.807, 2.05) is 0 Å². The van der Waals surface area contributed by atoms with Crippen LogP contribution in [-0.2, 0) is 26.0 Å². The summed E-state index contributed by atoms with van der Waals surface area (Å²) >= 11 is 1.08. The fourth-order valence-corrected chi connectivity index (χ4v) is 3.93. The van der Waals surface area contributed by atoms with E-state index >= 15 is 0 Å². The Morgan fingerprint density at radius 2 is 1.96 bits per heavy atom. The number of hydrogen-bond donors (Lipinski definition) is 1. The Morgan fingerprint density at radius 3 is 2.60 bits per heavy atom. The van der Waals surface area contributed by atoms with Crippen molar-refractivity contribution < 1.29 is 27.4 Å². The van der Waals surface area contributed by atoms with Crippen LogP contribution < -0.4 is 14.2 Å². The number of methoxy groups -OCH3 is 2. The van der Waals surface area contributed by atoms with Crippen molar-refractivity contribution in [1.29, 1.82) is 0 Å². The molecule has 0 amide bonds. The fourth-order valence-electron chi connectivity index (χ4n) is 1.95. The van der Waals surface area contributed by atoms with Crippen molar-refractivity contribution in [1.82, 2.24) is 4.98 Å². The standard InChI is InChI=1S/C15H18N2O6S2/c1-4-23-14(18)7-10-9-24-15(16-10)17-25(19,20)11-5-6-12(21-2)13(8-11)22-3/h5-6,8-9H,4,7H2,1-3H3,(H,16,17). The summed E-state index contributed by atoms with van der Waals surface area (Å²) in [6, 6.07) is 4.26. The van der Waals surface area contributed by atoms with E-state index in [-0.39, 0.29) is 23.1 Å². The van der Waals surface area contributed by atoms with E-state index in [9.17, 15) is 13.2 Å². The number of thiazole rings is 1. The van der Waals surface area contributed by atoms with Crippen molar-refractivity contribution in [3.05, 3.63) is 29.3 Å². The smallest absolute Gasteiger partial charge is 0.311 e. The fraction of sp³-hybridized carbons (Fsp3) is 0.333. The van der Waals surface area contributed by atoms with Crippen LogP contribution in [-0.4, -0.2) is 40.2 Å². The SMILES string of the molecule is CCOC(=O)Cc1csc(NS(=O)(=O)c2ccc(OC)c(OC)c2)n1. The molecular formula is C15H18N2O6S2. The highest BCUT2D eigenvalue weighted by Gasteiger charge is 2.19. The van der Waals surface area contributed by atoms with E-state index in [1.54, 1.807) is 12.3 Å². The zero-order valence-electron chi connectivity index (χ0n) is 13.9. The summed E-state index contributed by atoms with van der Waals surface area (Å²) in [4.78, 5) is 15.5. The number of carbonyl (C=O) groups excluding carboxylic acids is 1. The maximum absolute atomic E-state index is 12.5. The second-order valence-electron chi connectivity index (χ2n) is 4.75. The number of nitrogens with one attached hydrogen (secondary N) is 1. The minimum absolute atomic E-state index is 0.00675. The van der Waals surface area contributed by atoms with Crippen LogP contribution in [0.15, 0.2) is 28.5 Å². The second-order valence-corrected chi connectivity index (χ2v) is 7.29. The monoisotopic (exact) mass is 386 g/mol. The number of sulfonamides is 1. The van der Waals surface area contributed by atoms with Gasteiger partial charge in [-0.15, -0.1) is 11.3 Å². The highest BCUT2D eigenvalue weighted by Crippen LogP contribution is 2.30. The first-order valence-electron chi connectivity index (χ1n) is 7.24. The summed E-state index contributed by atoms with van der Waals surface area (Å²) in [5, 5.41) is 1.76. The van der Waals surface area contributed by atoms with Crippen molar-refractivity contribution in [2.45, 2.75) is 18.2 Å². The van der Waals surface area contributed by atoms with E-state index in [1.165, 1.54) is 32.4 Å². The van der Waals surface area contributed by atoms with Gasteiger partial charge in [0.15, 0.2) is 16.6 Å². The minimum atomic E-state index is -3.85. The molecule has 0 saturated carbocycles. The van der Waals surface area contributed by atoms with Gasteiger partial charge < -0.3 is 14.2 Å². The number of aromatic nitrogens is 1. The van der Waals surface area contributed by atoms with Crippen LogP contribution in [0.25, 0.3) is 0 Å². The molecule has 2 aromatic rings. The first kappa shape index (κ1) is 19.0. The van der Waals surface area contributed by atoms with E-state index in [4.69, 9.17) is 14.2 Å². The maximum Gasteiger partial charge on any atom is 0.311 e. The van der Waals surface area contributed by atoms with Crippen LogP contribution in [0.4, 0.5) is 5.13 Å². The predicted octanol–water partition coefficient (Wildman–Crippen LogP) is 2.07. The van der Waals surface area contributed by atoms with Crippen molar-refractivity contribution in [3.8, 4) is 11.5 Å². The van der Waals surface area contributed by atoms with Crippen LogP contribution in [0.3, 0.4) is 0 Å². The predicted molar refractivity (Wildman–Crippen MR) is 92.8 cm³/mol. The number of ether oxygens (including phenoxy) is 3. The molecule has 0 atom stereocenters. The first-order chi connectivity index (χ1) is 11.9. The van der Waals surface area contributed by atoms with Gasteiger partial charge in [-0.1, -0.05) is 0 Å². The molecule has 0 spiro atoms. The number of esters is 1. The van der Waals surface area contributed by atoms with Crippen LogP contribution in [0.1, 0.15) is 12.6 Å². The van der Waals surface area contributed by atoms with Crippen LogP contribution in [0, 0.1) is 0 Å². The normalized spacial score (nSPS) is 11.0. The van der Waals surface area contributed by atoms with E-state index in [0.717, 1.165) is 11.3 Å². The summed E-state index contributed by atoms with van der Waals surface area (Å²) in [6.45, 7) is 1.99. The lowest BCUT2D eigenvalue weighted by atomic mass is 10.3. The molecule has 1 N–H and O–H groups in total. The molecule has 0 aliphatic carbocycles.